The van der Waals surface area contributed by atoms with Crippen LogP contribution >= 0.6 is 0 Å². The second-order valence-electron chi connectivity index (χ2n) is 11.0. The molecule has 0 unspecified atom stereocenters. The number of halogens is 2. The molecule has 4 aromatic carbocycles. The lowest BCUT2D eigenvalue weighted by Gasteiger charge is -2.08. The van der Waals surface area contributed by atoms with Crippen LogP contribution in [0.4, 0.5) is 8.78 Å². The average molecular weight is 623 g/mol. The molecular formula is C36H24F2N8O. The predicted octanol–water partition coefficient (Wildman–Crippen LogP) is 7.97. The molecule has 4 aromatic heterocycles. The van der Waals surface area contributed by atoms with Crippen molar-refractivity contribution in [1.82, 2.24) is 40.0 Å². The molecule has 0 aliphatic heterocycles. The van der Waals surface area contributed by atoms with Crippen LogP contribution in [0.2, 0.25) is 0 Å². The molecule has 11 heteroatoms. The van der Waals surface area contributed by atoms with Gasteiger partial charge in [0.25, 0.3) is 0 Å². The number of ether oxygens (including phenoxy) is 1. The summed E-state index contributed by atoms with van der Waals surface area (Å²) in [5.41, 5.74) is 7.39. The maximum absolute atomic E-state index is 13.5. The maximum Gasteiger partial charge on any atom is 0.127 e. The molecule has 0 amide bonds. The third-order valence-corrected chi connectivity index (χ3v) is 7.90. The highest BCUT2D eigenvalue weighted by Gasteiger charge is 2.16. The summed E-state index contributed by atoms with van der Waals surface area (Å²) in [4.78, 5) is 0. The van der Waals surface area contributed by atoms with Gasteiger partial charge in [-0.3, -0.25) is 0 Å². The minimum Gasteiger partial charge on any atom is -0.457 e. The first-order valence-electron chi connectivity index (χ1n) is 14.8. The van der Waals surface area contributed by atoms with Gasteiger partial charge in [-0.1, -0.05) is 0 Å². The highest BCUT2D eigenvalue weighted by Crippen LogP contribution is 2.32. The van der Waals surface area contributed by atoms with Gasteiger partial charge in [-0.15, -0.1) is 10.2 Å². The van der Waals surface area contributed by atoms with Gasteiger partial charge in [0.1, 0.15) is 45.6 Å². The number of benzene rings is 4. The van der Waals surface area contributed by atoms with Gasteiger partial charge in [0.2, 0.25) is 0 Å². The fourth-order valence-electron chi connectivity index (χ4n) is 5.46. The largest absolute Gasteiger partial charge is 0.457 e. The van der Waals surface area contributed by atoms with Crippen molar-refractivity contribution in [3.63, 3.8) is 0 Å². The van der Waals surface area contributed by atoms with Crippen molar-refractivity contribution in [3.8, 4) is 45.4 Å². The Labute approximate surface area is 266 Å². The Morgan fingerprint density at radius 3 is 1.26 bits per heavy atom. The zero-order valence-electron chi connectivity index (χ0n) is 25.1. The van der Waals surface area contributed by atoms with Crippen LogP contribution in [0.15, 0.2) is 109 Å². The molecule has 0 atom stereocenters. The molecule has 0 saturated heterocycles. The maximum atomic E-state index is 13.5. The van der Waals surface area contributed by atoms with E-state index in [1.165, 1.54) is 24.3 Å². The van der Waals surface area contributed by atoms with Gasteiger partial charge in [-0.2, -0.15) is 20.4 Å². The van der Waals surface area contributed by atoms with Crippen LogP contribution in [-0.2, 0) is 0 Å². The molecule has 8 rings (SSSR count). The van der Waals surface area contributed by atoms with Crippen LogP contribution in [-0.4, -0.2) is 40.0 Å². The zero-order chi connectivity index (χ0) is 32.1. The first-order valence-corrected chi connectivity index (χ1v) is 14.8. The molecule has 228 valence electrons. The summed E-state index contributed by atoms with van der Waals surface area (Å²) in [6, 6.07) is 27.5. The van der Waals surface area contributed by atoms with E-state index in [4.69, 9.17) is 4.74 Å². The lowest BCUT2D eigenvalue weighted by atomic mass is 10.1. The Balaban J connectivity index is 1.04. The summed E-state index contributed by atoms with van der Waals surface area (Å²) >= 11 is 0. The summed E-state index contributed by atoms with van der Waals surface area (Å²) < 4.78 is 36.5. The first kappa shape index (κ1) is 28.1. The molecule has 9 nitrogen and oxygen atoms in total. The summed E-state index contributed by atoms with van der Waals surface area (Å²) in [5.74, 6) is 0.688. The van der Waals surface area contributed by atoms with E-state index in [9.17, 15) is 8.78 Å². The van der Waals surface area contributed by atoms with Crippen LogP contribution in [0.3, 0.4) is 0 Å². The van der Waals surface area contributed by atoms with Crippen LogP contribution in [0, 0.1) is 25.5 Å². The molecule has 0 aliphatic carbocycles. The van der Waals surface area contributed by atoms with Crippen molar-refractivity contribution in [2.75, 3.05) is 0 Å². The van der Waals surface area contributed by atoms with E-state index < -0.39 is 0 Å². The van der Waals surface area contributed by atoms with E-state index >= 15 is 0 Å². The van der Waals surface area contributed by atoms with Crippen molar-refractivity contribution in [2.24, 2.45) is 0 Å². The molecule has 4 heterocycles. The van der Waals surface area contributed by atoms with E-state index in [0.29, 0.717) is 34.3 Å². The number of aromatic nitrogens is 8. The third kappa shape index (κ3) is 5.23. The van der Waals surface area contributed by atoms with Crippen molar-refractivity contribution >= 4 is 21.8 Å². The fourth-order valence-corrected chi connectivity index (χ4v) is 5.46. The van der Waals surface area contributed by atoms with E-state index in [0.717, 1.165) is 44.3 Å². The molecule has 47 heavy (non-hydrogen) atoms. The first-order chi connectivity index (χ1) is 22.9. The van der Waals surface area contributed by atoms with Crippen molar-refractivity contribution in [3.05, 3.63) is 132 Å². The molecule has 0 radical (unpaired) electrons. The third-order valence-electron chi connectivity index (χ3n) is 7.90. The molecule has 0 fully saturated rings. The van der Waals surface area contributed by atoms with Gasteiger partial charge < -0.3 is 4.74 Å². The van der Waals surface area contributed by atoms with Crippen LogP contribution < -0.4 is 4.74 Å². The highest BCUT2D eigenvalue weighted by molar-refractivity contribution is 5.94. The number of rotatable bonds is 6. The minimum atomic E-state index is -0.307. The van der Waals surface area contributed by atoms with Gasteiger partial charge in [-0.05, 0) is 111 Å². The van der Waals surface area contributed by atoms with E-state index in [1.54, 1.807) is 33.6 Å². The monoisotopic (exact) mass is 622 g/mol. The molecule has 0 spiro atoms. The average Bonchev–Trinajstić information content (AvgIpc) is 3.74. The van der Waals surface area contributed by atoms with E-state index in [2.05, 4.69) is 30.6 Å². The Morgan fingerprint density at radius 2 is 0.872 bits per heavy atom. The number of aryl methyl sites for hydroxylation is 2. The van der Waals surface area contributed by atoms with Gasteiger partial charge in [-0.25, -0.2) is 18.1 Å². The minimum absolute atomic E-state index is 0.307. The van der Waals surface area contributed by atoms with Crippen LogP contribution in [0.25, 0.3) is 55.7 Å². The summed E-state index contributed by atoms with van der Waals surface area (Å²) in [7, 11) is 0. The van der Waals surface area contributed by atoms with Gasteiger partial charge in [0.05, 0.1) is 33.5 Å². The van der Waals surface area contributed by atoms with Crippen molar-refractivity contribution < 1.29 is 13.5 Å². The van der Waals surface area contributed by atoms with Gasteiger partial charge >= 0.3 is 0 Å². The Kier molecular flexibility index (Phi) is 6.71. The van der Waals surface area contributed by atoms with Crippen LogP contribution in [0.1, 0.15) is 11.4 Å². The molecule has 0 saturated carbocycles. The molecule has 0 aliphatic rings. The quantitative estimate of drug-likeness (QED) is 0.186. The molecule has 0 bridgehead atoms. The lowest BCUT2D eigenvalue weighted by molar-refractivity contribution is 0.483. The standard InChI is InChI=1S/C36H24F2N8O/c1-21-33-31(19-45(43-33)27-11-7-25(37)8-12-27)35(41-39-21)23-3-15-29(16-4-23)47-30-17-5-24(6-18-30)36-32-20-46(28-13-9-26(38)10-14-28)44-34(32)22(2)40-42-36/h3-20H,1-2H3. The number of hydrogen-bond donors (Lipinski definition) is 0. The smallest absolute Gasteiger partial charge is 0.127 e. The lowest BCUT2D eigenvalue weighted by Crippen LogP contribution is -1.95. The number of fused-ring (bicyclic) bond motifs is 2. The zero-order valence-corrected chi connectivity index (χ0v) is 25.1. The van der Waals surface area contributed by atoms with E-state index in [-0.39, 0.29) is 11.6 Å². The highest BCUT2D eigenvalue weighted by atomic mass is 19.1. The molecule has 8 aromatic rings. The topological polar surface area (TPSA) is 96.4 Å². The summed E-state index contributed by atoms with van der Waals surface area (Å²) in [6.07, 6.45) is 3.76. The SMILES string of the molecule is Cc1nnc(-c2ccc(Oc3ccc(-c4nnc(C)c5nn(-c6ccc(F)cc6)cc45)cc3)cc2)c2cn(-c3ccc(F)cc3)nc12. The van der Waals surface area contributed by atoms with Crippen LogP contribution in [0.5, 0.6) is 11.5 Å². The molecule has 0 N–H and O–H groups in total. The Hall–Kier alpha value is -6.36. The summed E-state index contributed by atoms with van der Waals surface area (Å²) in [5, 5.41) is 28.6. The Morgan fingerprint density at radius 1 is 0.489 bits per heavy atom. The molecular weight excluding hydrogens is 598 g/mol. The van der Waals surface area contributed by atoms with Gasteiger partial charge in [0, 0.05) is 23.5 Å². The Bertz CT molecular complexity index is 2230. The van der Waals surface area contributed by atoms with Crippen molar-refractivity contribution in [1.29, 1.82) is 0 Å². The fraction of sp³-hybridized carbons (Fsp3) is 0.0556. The summed E-state index contributed by atoms with van der Waals surface area (Å²) in [6.45, 7) is 3.72. The second-order valence-corrected chi connectivity index (χ2v) is 11.0. The van der Waals surface area contributed by atoms with Crippen molar-refractivity contribution in [2.45, 2.75) is 13.8 Å². The number of nitrogens with zero attached hydrogens (tertiary/aromatic N) is 8. The van der Waals surface area contributed by atoms with E-state index in [1.807, 2.05) is 74.8 Å². The second kappa shape index (κ2) is 11.2. The predicted molar refractivity (Wildman–Crippen MR) is 174 cm³/mol. The number of hydrogen-bond acceptors (Lipinski definition) is 7. The van der Waals surface area contributed by atoms with Gasteiger partial charge in [0.15, 0.2) is 0 Å². The normalized spacial score (nSPS) is 11.4.